The summed E-state index contributed by atoms with van der Waals surface area (Å²) in [5, 5.41) is 16.9. The molecule has 140 valence electrons. The van der Waals surface area contributed by atoms with E-state index in [-0.39, 0.29) is 11.6 Å². The maximum atomic E-state index is 12.5. The summed E-state index contributed by atoms with van der Waals surface area (Å²) in [5.41, 5.74) is 0.934. The van der Waals surface area contributed by atoms with Crippen LogP contribution < -0.4 is 5.32 Å². The number of rotatable bonds is 5. The highest BCUT2D eigenvalue weighted by atomic mass is 32.1. The molecule has 27 heavy (non-hydrogen) atoms. The number of ether oxygens (including phenoxy) is 1. The summed E-state index contributed by atoms with van der Waals surface area (Å²) < 4.78 is 6.17. The number of nitro groups is 1. The summed E-state index contributed by atoms with van der Waals surface area (Å²) >= 11 is 2.69. The zero-order chi connectivity index (χ0) is 18.8. The van der Waals surface area contributed by atoms with Crippen LogP contribution in [-0.2, 0) is 11.3 Å². The topological polar surface area (TPSA) is 97.6 Å². The fraction of sp³-hybridized carbons (Fsp3) is 0.294. The number of anilines is 1. The van der Waals surface area contributed by atoms with E-state index < -0.39 is 4.92 Å². The molecule has 1 aromatic carbocycles. The van der Waals surface area contributed by atoms with Crippen molar-refractivity contribution in [1.82, 2.24) is 9.88 Å². The van der Waals surface area contributed by atoms with E-state index in [0.717, 1.165) is 43.2 Å². The Bertz CT molecular complexity index is 994. The number of hydrogen-bond acceptors (Lipinski definition) is 8. The second-order valence-corrected chi connectivity index (χ2v) is 8.02. The number of non-ortho nitro benzene ring substituents is 1. The number of thiophene rings is 1. The van der Waals surface area contributed by atoms with Crippen molar-refractivity contribution < 1.29 is 14.5 Å². The standard InChI is InChI=1S/C17H16N4O4S2/c22-16(15-8-11-7-13(21(23)24)1-2-14(11)27-15)19-17-18-12(10-26-17)9-20-3-5-25-6-4-20/h1-2,7-8,10H,3-6,9H2,(H,18,19,22). The van der Waals surface area contributed by atoms with E-state index in [1.54, 1.807) is 12.1 Å². The minimum atomic E-state index is -0.442. The van der Waals surface area contributed by atoms with Gasteiger partial charge in [-0.3, -0.25) is 25.1 Å². The third kappa shape index (κ3) is 4.14. The number of nitro benzene ring substituents is 1. The lowest BCUT2D eigenvalue weighted by molar-refractivity contribution is -0.384. The molecule has 3 heterocycles. The average molecular weight is 404 g/mol. The molecule has 1 aliphatic rings. The van der Waals surface area contributed by atoms with E-state index >= 15 is 0 Å². The molecule has 4 rings (SSSR count). The highest BCUT2D eigenvalue weighted by molar-refractivity contribution is 7.21. The zero-order valence-electron chi connectivity index (χ0n) is 14.2. The molecule has 0 unspecified atom stereocenters. The van der Waals surface area contributed by atoms with Crippen molar-refractivity contribution in [2.75, 3.05) is 31.6 Å². The van der Waals surface area contributed by atoms with Crippen molar-refractivity contribution in [3.05, 3.63) is 50.3 Å². The third-order valence-electron chi connectivity index (χ3n) is 4.20. The average Bonchev–Trinajstić information content (AvgIpc) is 3.28. The molecule has 0 spiro atoms. The van der Waals surface area contributed by atoms with Gasteiger partial charge in [-0.2, -0.15) is 0 Å². The summed E-state index contributed by atoms with van der Waals surface area (Å²) in [7, 11) is 0. The lowest BCUT2D eigenvalue weighted by Crippen LogP contribution is -2.35. The predicted octanol–water partition coefficient (Wildman–Crippen LogP) is 3.35. The van der Waals surface area contributed by atoms with E-state index in [2.05, 4.69) is 15.2 Å². The maximum Gasteiger partial charge on any atom is 0.270 e. The second-order valence-electron chi connectivity index (χ2n) is 6.08. The number of nitrogens with zero attached hydrogens (tertiary/aromatic N) is 3. The quantitative estimate of drug-likeness (QED) is 0.517. The van der Waals surface area contributed by atoms with Crippen LogP contribution in [0.5, 0.6) is 0 Å². The van der Waals surface area contributed by atoms with E-state index in [1.807, 2.05) is 5.38 Å². The molecule has 1 fully saturated rings. The van der Waals surface area contributed by atoms with Crippen molar-refractivity contribution >= 4 is 49.5 Å². The summed E-state index contributed by atoms with van der Waals surface area (Å²) in [5.74, 6) is -0.258. The van der Waals surface area contributed by atoms with E-state index in [9.17, 15) is 14.9 Å². The van der Waals surface area contributed by atoms with Gasteiger partial charge in [0.2, 0.25) is 0 Å². The van der Waals surface area contributed by atoms with Crippen molar-refractivity contribution in [1.29, 1.82) is 0 Å². The Kier molecular flexibility index (Phi) is 5.12. The molecule has 0 bridgehead atoms. The highest BCUT2D eigenvalue weighted by Crippen LogP contribution is 2.29. The van der Waals surface area contributed by atoms with Gasteiger partial charge < -0.3 is 4.74 Å². The number of thiazole rings is 1. The Morgan fingerprint density at radius 3 is 2.93 bits per heavy atom. The molecule has 0 atom stereocenters. The number of carbonyl (C=O) groups is 1. The number of nitrogens with one attached hydrogen (secondary N) is 1. The second kappa shape index (κ2) is 7.69. The Hall–Kier alpha value is -2.40. The molecule has 8 nitrogen and oxygen atoms in total. The number of amides is 1. The third-order valence-corrected chi connectivity index (χ3v) is 6.12. The number of aromatic nitrogens is 1. The van der Waals surface area contributed by atoms with Crippen LogP contribution in [-0.4, -0.2) is 47.0 Å². The van der Waals surface area contributed by atoms with Crippen LogP contribution in [0.4, 0.5) is 10.8 Å². The van der Waals surface area contributed by atoms with Crippen molar-refractivity contribution in [3.8, 4) is 0 Å². The Balaban J connectivity index is 1.44. The molecule has 0 radical (unpaired) electrons. The molecule has 1 aliphatic heterocycles. The van der Waals surface area contributed by atoms with E-state index in [1.165, 1.54) is 34.8 Å². The molecule has 10 heteroatoms. The summed E-state index contributed by atoms with van der Waals surface area (Å²) in [4.78, 5) is 30.2. The SMILES string of the molecule is O=C(Nc1nc(CN2CCOCC2)cs1)c1cc2cc([N+](=O)[O-])ccc2s1. The Morgan fingerprint density at radius 2 is 2.15 bits per heavy atom. The van der Waals surface area contributed by atoms with E-state index in [4.69, 9.17) is 4.74 Å². The first-order valence-corrected chi connectivity index (χ1v) is 10.0. The van der Waals surface area contributed by atoms with Gasteiger partial charge in [0.05, 0.1) is 28.7 Å². The van der Waals surface area contributed by atoms with Crippen LogP contribution in [0.3, 0.4) is 0 Å². The van der Waals surface area contributed by atoms with Gasteiger partial charge in [-0.05, 0) is 12.1 Å². The number of hydrogen-bond donors (Lipinski definition) is 1. The van der Waals surface area contributed by atoms with Gasteiger partial charge in [-0.25, -0.2) is 4.98 Å². The van der Waals surface area contributed by atoms with Crippen LogP contribution in [0.2, 0.25) is 0 Å². The molecule has 3 aromatic rings. The zero-order valence-corrected chi connectivity index (χ0v) is 15.8. The van der Waals surface area contributed by atoms with Crippen LogP contribution in [0, 0.1) is 10.1 Å². The van der Waals surface area contributed by atoms with Crippen molar-refractivity contribution in [3.63, 3.8) is 0 Å². The maximum absolute atomic E-state index is 12.5. The lowest BCUT2D eigenvalue weighted by Gasteiger charge is -2.25. The van der Waals surface area contributed by atoms with Gasteiger partial charge in [0.15, 0.2) is 5.13 Å². The fourth-order valence-electron chi connectivity index (χ4n) is 2.84. The summed E-state index contributed by atoms with van der Waals surface area (Å²) in [6.45, 7) is 3.97. The Morgan fingerprint density at radius 1 is 1.33 bits per heavy atom. The number of carbonyl (C=O) groups excluding carboxylic acids is 1. The van der Waals surface area contributed by atoms with Crippen molar-refractivity contribution in [2.45, 2.75) is 6.54 Å². The first-order valence-electron chi connectivity index (χ1n) is 8.32. The number of fused-ring (bicyclic) bond motifs is 1. The molecule has 0 aliphatic carbocycles. The van der Waals surface area contributed by atoms with Gasteiger partial charge in [0.1, 0.15) is 0 Å². The lowest BCUT2D eigenvalue weighted by atomic mass is 10.2. The van der Waals surface area contributed by atoms with Crippen LogP contribution in [0.1, 0.15) is 15.4 Å². The minimum Gasteiger partial charge on any atom is -0.379 e. The Labute approximate surface area is 162 Å². The monoisotopic (exact) mass is 404 g/mol. The molecule has 0 saturated carbocycles. The summed E-state index contributed by atoms with van der Waals surface area (Å²) in [6.07, 6.45) is 0. The largest absolute Gasteiger partial charge is 0.379 e. The van der Waals surface area contributed by atoms with Crippen LogP contribution in [0.25, 0.3) is 10.1 Å². The van der Waals surface area contributed by atoms with E-state index in [0.29, 0.717) is 15.4 Å². The minimum absolute atomic E-state index is 0.0138. The molecule has 2 aromatic heterocycles. The summed E-state index contributed by atoms with van der Waals surface area (Å²) in [6, 6.07) is 6.26. The molecular weight excluding hydrogens is 388 g/mol. The smallest absolute Gasteiger partial charge is 0.270 e. The first-order chi connectivity index (χ1) is 13.1. The molecular formula is C17H16N4O4S2. The first kappa shape index (κ1) is 18.0. The van der Waals surface area contributed by atoms with Crippen LogP contribution in [0.15, 0.2) is 29.6 Å². The molecule has 1 amide bonds. The number of morpholine rings is 1. The molecule has 1 saturated heterocycles. The normalized spacial score (nSPS) is 15.1. The van der Waals surface area contributed by atoms with Crippen molar-refractivity contribution in [2.24, 2.45) is 0 Å². The van der Waals surface area contributed by atoms with Crippen LogP contribution >= 0.6 is 22.7 Å². The molecule has 1 N–H and O–H groups in total. The highest BCUT2D eigenvalue weighted by Gasteiger charge is 2.16. The van der Waals surface area contributed by atoms with Gasteiger partial charge in [0.25, 0.3) is 11.6 Å². The van der Waals surface area contributed by atoms with Gasteiger partial charge >= 0.3 is 0 Å². The van der Waals surface area contributed by atoms with Gasteiger partial charge in [-0.1, -0.05) is 0 Å². The predicted molar refractivity (Wildman–Crippen MR) is 105 cm³/mol. The fourth-order valence-corrected chi connectivity index (χ4v) is 4.48. The van der Waals surface area contributed by atoms with Gasteiger partial charge in [0, 0.05) is 47.2 Å². The van der Waals surface area contributed by atoms with Gasteiger partial charge in [-0.15, -0.1) is 22.7 Å². The number of benzene rings is 1.